The Morgan fingerprint density at radius 3 is 2.16 bits per heavy atom. The molecule has 1 fully saturated rings. The van der Waals surface area contributed by atoms with Gasteiger partial charge in [-0.05, 0) is 37.6 Å². The number of hydrogen-bond acceptors (Lipinski definition) is 3. The molecule has 6 heteroatoms. The van der Waals surface area contributed by atoms with Gasteiger partial charge in [0.25, 0.3) is 5.91 Å². The van der Waals surface area contributed by atoms with Crippen LogP contribution in [-0.4, -0.2) is 42.9 Å². The van der Waals surface area contributed by atoms with Crippen molar-refractivity contribution in [1.82, 2.24) is 15.5 Å². The first kappa shape index (κ1) is 21.5. The third kappa shape index (κ3) is 6.01. The van der Waals surface area contributed by atoms with E-state index in [0.717, 1.165) is 31.5 Å². The van der Waals surface area contributed by atoms with Crippen molar-refractivity contribution in [2.45, 2.75) is 46.2 Å². The van der Waals surface area contributed by atoms with Crippen LogP contribution in [0.5, 0.6) is 0 Å². The first-order chi connectivity index (χ1) is 11.3. The fourth-order valence-electron chi connectivity index (χ4n) is 2.77. The summed E-state index contributed by atoms with van der Waals surface area (Å²) in [5.74, 6) is 0.116. The highest BCUT2D eigenvalue weighted by atomic mass is 35.5. The number of nitrogens with one attached hydrogen (secondary N) is 2. The number of benzene rings is 1. The van der Waals surface area contributed by atoms with Crippen molar-refractivity contribution in [3.05, 3.63) is 35.4 Å². The summed E-state index contributed by atoms with van der Waals surface area (Å²) in [6.07, 6.45) is 2.00. The molecule has 1 aromatic carbocycles. The van der Waals surface area contributed by atoms with E-state index in [1.807, 2.05) is 57.0 Å². The highest BCUT2D eigenvalue weighted by molar-refractivity contribution is 5.94. The summed E-state index contributed by atoms with van der Waals surface area (Å²) < 4.78 is 0. The molecule has 1 aliphatic heterocycles. The molecule has 2 N–H and O–H groups in total. The van der Waals surface area contributed by atoms with Crippen molar-refractivity contribution in [2.75, 3.05) is 20.1 Å². The first-order valence-corrected chi connectivity index (χ1v) is 8.65. The van der Waals surface area contributed by atoms with Crippen LogP contribution >= 0.6 is 12.4 Å². The lowest BCUT2D eigenvalue weighted by molar-refractivity contribution is -0.128. The van der Waals surface area contributed by atoms with Crippen molar-refractivity contribution in [3.63, 3.8) is 0 Å². The van der Waals surface area contributed by atoms with Crippen LogP contribution in [0.15, 0.2) is 24.3 Å². The number of likely N-dealkylation sites (tertiary alicyclic amines) is 1. The summed E-state index contributed by atoms with van der Waals surface area (Å²) in [7, 11) is 1.97. The number of hydrogen-bond donors (Lipinski definition) is 2. The van der Waals surface area contributed by atoms with Gasteiger partial charge in [0.15, 0.2) is 0 Å². The van der Waals surface area contributed by atoms with Gasteiger partial charge < -0.3 is 15.5 Å². The van der Waals surface area contributed by atoms with E-state index in [9.17, 15) is 9.59 Å². The van der Waals surface area contributed by atoms with E-state index in [4.69, 9.17) is 0 Å². The average molecular weight is 368 g/mol. The standard InChI is InChI=1S/C19H29N3O2.ClH/c1-19(2,3)18(24)21-13-14-5-7-15(8-6-14)17(23)22-11-9-16(20-4)10-12-22;/h5-8,16,20H,9-13H2,1-4H3,(H,21,24);1H. The molecule has 1 aliphatic rings. The van der Waals surface area contributed by atoms with Crippen molar-refractivity contribution in [1.29, 1.82) is 0 Å². The molecule has 1 saturated heterocycles. The normalized spacial score (nSPS) is 15.4. The molecule has 1 heterocycles. The lowest BCUT2D eigenvalue weighted by Gasteiger charge is -2.31. The van der Waals surface area contributed by atoms with E-state index in [2.05, 4.69) is 10.6 Å². The van der Waals surface area contributed by atoms with Crippen LogP contribution in [0.4, 0.5) is 0 Å². The Labute approximate surface area is 157 Å². The summed E-state index contributed by atoms with van der Waals surface area (Å²) in [4.78, 5) is 26.4. The Bertz CT molecular complexity index is 573. The quantitative estimate of drug-likeness (QED) is 0.859. The van der Waals surface area contributed by atoms with Gasteiger partial charge in [0.1, 0.15) is 0 Å². The molecule has 0 unspecified atom stereocenters. The maximum atomic E-state index is 12.5. The molecular formula is C19H30ClN3O2. The minimum Gasteiger partial charge on any atom is -0.352 e. The van der Waals surface area contributed by atoms with E-state index in [1.54, 1.807) is 0 Å². The number of nitrogens with zero attached hydrogens (tertiary/aromatic N) is 1. The van der Waals surface area contributed by atoms with E-state index in [-0.39, 0.29) is 24.2 Å². The molecular weight excluding hydrogens is 338 g/mol. The monoisotopic (exact) mass is 367 g/mol. The van der Waals surface area contributed by atoms with Crippen LogP contribution < -0.4 is 10.6 Å². The van der Waals surface area contributed by atoms with E-state index in [1.165, 1.54) is 0 Å². The Morgan fingerprint density at radius 2 is 1.68 bits per heavy atom. The predicted octanol–water partition coefficient (Wildman–Crippen LogP) is 2.59. The zero-order valence-corrected chi connectivity index (χ0v) is 16.4. The number of halogens is 1. The largest absolute Gasteiger partial charge is 0.352 e. The Hall–Kier alpha value is -1.59. The maximum Gasteiger partial charge on any atom is 0.253 e. The fourth-order valence-corrected chi connectivity index (χ4v) is 2.77. The predicted molar refractivity (Wildman–Crippen MR) is 103 cm³/mol. The highest BCUT2D eigenvalue weighted by Crippen LogP contribution is 2.15. The molecule has 0 bridgehead atoms. The van der Waals surface area contributed by atoms with Gasteiger partial charge in [-0.2, -0.15) is 0 Å². The van der Waals surface area contributed by atoms with Crippen LogP contribution in [0.1, 0.15) is 49.5 Å². The van der Waals surface area contributed by atoms with E-state index < -0.39 is 5.41 Å². The van der Waals surface area contributed by atoms with Gasteiger partial charge in [-0.15, -0.1) is 12.4 Å². The molecule has 25 heavy (non-hydrogen) atoms. The Morgan fingerprint density at radius 1 is 1.12 bits per heavy atom. The Balaban J connectivity index is 0.00000312. The average Bonchev–Trinajstić information content (AvgIpc) is 2.58. The van der Waals surface area contributed by atoms with Gasteiger partial charge in [-0.25, -0.2) is 0 Å². The number of piperidine rings is 1. The molecule has 0 spiro atoms. The lowest BCUT2D eigenvalue weighted by Crippen LogP contribution is -2.43. The van der Waals surface area contributed by atoms with Gasteiger partial charge in [-0.3, -0.25) is 9.59 Å². The summed E-state index contributed by atoms with van der Waals surface area (Å²) in [6.45, 7) is 7.75. The molecule has 0 aliphatic carbocycles. The fraction of sp³-hybridized carbons (Fsp3) is 0.579. The second-order valence-corrected chi connectivity index (χ2v) is 7.48. The number of rotatable bonds is 4. The van der Waals surface area contributed by atoms with Gasteiger partial charge in [0, 0.05) is 36.7 Å². The van der Waals surface area contributed by atoms with Gasteiger partial charge in [-0.1, -0.05) is 32.9 Å². The molecule has 0 radical (unpaired) electrons. The van der Waals surface area contributed by atoms with Crippen LogP contribution in [0.3, 0.4) is 0 Å². The minimum atomic E-state index is -0.393. The number of carbonyl (C=O) groups excluding carboxylic acids is 2. The Kier molecular flexibility index (Phi) is 7.90. The molecule has 140 valence electrons. The first-order valence-electron chi connectivity index (χ1n) is 8.65. The SMILES string of the molecule is CNC1CCN(C(=O)c2ccc(CNC(=O)C(C)(C)C)cc2)CC1.Cl. The lowest BCUT2D eigenvalue weighted by atomic mass is 9.95. The molecule has 0 aromatic heterocycles. The molecule has 2 rings (SSSR count). The number of carbonyl (C=O) groups is 2. The molecule has 1 aromatic rings. The van der Waals surface area contributed by atoms with Crippen molar-refractivity contribution < 1.29 is 9.59 Å². The van der Waals surface area contributed by atoms with E-state index in [0.29, 0.717) is 18.2 Å². The van der Waals surface area contributed by atoms with Gasteiger partial charge >= 0.3 is 0 Å². The summed E-state index contributed by atoms with van der Waals surface area (Å²) >= 11 is 0. The van der Waals surface area contributed by atoms with Crippen LogP contribution in [0, 0.1) is 5.41 Å². The highest BCUT2D eigenvalue weighted by Gasteiger charge is 2.23. The molecule has 0 saturated carbocycles. The molecule has 0 atom stereocenters. The smallest absolute Gasteiger partial charge is 0.253 e. The van der Waals surface area contributed by atoms with Crippen molar-refractivity contribution in [2.24, 2.45) is 5.41 Å². The minimum absolute atomic E-state index is 0. The van der Waals surface area contributed by atoms with Crippen LogP contribution in [-0.2, 0) is 11.3 Å². The zero-order chi connectivity index (χ0) is 17.7. The third-order valence-corrected chi connectivity index (χ3v) is 4.53. The summed E-state index contributed by atoms with van der Waals surface area (Å²) in [5.41, 5.74) is 1.32. The number of amides is 2. The maximum absolute atomic E-state index is 12.5. The van der Waals surface area contributed by atoms with Crippen LogP contribution in [0.25, 0.3) is 0 Å². The van der Waals surface area contributed by atoms with Crippen LogP contribution in [0.2, 0.25) is 0 Å². The summed E-state index contributed by atoms with van der Waals surface area (Å²) in [6, 6.07) is 8.05. The zero-order valence-electron chi connectivity index (χ0n) is 15.6. The topological polar surface area (TPSA) is 61.4 Å². The van der Waals surface area contributed by atoms with Gasteiger partial charge in [0.05, 0.1) is 0 Å². The van der Waals surface area contributed by atoms with Gasteiger partial charge in [0.2, 0.25) is 5.91 Å². The van der Waals surface area contributed by atoms with Crippen molar-refractivity contribution >= 4 is 24.2 Å². The molecule has 2 amide bonds. The second-order valence-electron chi connectivity index (χ2n) is 7.48. The summed E-state index contributed by atoms with van der Waals surface area (Å²) in [5, 5.41) is 6.19. The van der Waals surface area contributed by atoms with E-state index >= 15 is 0 Å². The van der Waals surface area contributed by atoms with Crippen molar-refractivity contribution in [3.8, 4) is 0 Å². The third-order valence-electron chi connectivity index (χ3n) is 4.53. The molecule has 5 nitrogen and oxygen atoms in total. The second kappa shape index (κ2) is 9.20.